The number of alkyl halides is 4. The number of hydrogen-bond acceptors (Lipinski definition) is 3. The quantitative estimate of drug-likeness (QED) is 0.791. The Morgan fingerprint density at radius 3 is 2.35 bits per heavy atom. The van der Waals surface area contributed by atoms with Crippen molar-refractivity contribution in [2.45, 2.75) is 44.3 Å². The topological polar surface area (TPSA) is 29.0 Å². The van der Waals surface area contributed by atoms with Gasteiger partial charge in [0.15, 0.2) is 11.5 Å². The van der Waals surface area contributed by atoms with E-state index in [0.29, 0.717) is 24.3 Å². The van der Waals surface area contributed by atoms with Gasteiger partial charge < -0.3 is 4.90 Å². The molecule has 1 heterocycles. The highest BCUT2D eigenvalue weighted by molar-refractivity contribution is 6.18. The Balaban J connectivity index is 2.16. The summed E-state index contributed by atoms with van der Waals surface area (Å²) in [5, 5.41) is 7.02. The van der Waals surface area contributed by atoms with Gasteiger partial charge in [0.25, 0.3) is 0 Å². The van der Waals surface area contributed by atoms with Crippen molar-refractivity contribution in [1.82, 2.24) is 10.2 Å². The Morgan fingerprint density at radius 1 is 1.15 bits per heavy atom. The van der Waals surface area contributed by atoms with Crippen molar-refractivity contribution in [1.29, 1.82) is 0 Å². The van der Waals surface area contributed by atoms with E-state index in [0.717, 1.165) is 31.7 Å². The van der Waals surface area contributed by atoms with Crippen LogP contribution in [0.4, 0.5) is 19.0 Å². The number of hydrogen-bond donors (Lipinski definition) is 0. The highest BCUT2D eigenvalue weighted by Crippen LogP contribution is 2.29. The molecule has 1 saturated carbocycles. The smallest absolute Gasteiger partial charge is 0.351 e. The lowest BCUT2D eigenvalue weighted by molar-refractivity contribution is -0.141. The molecule has 0 saturated heterocycles. The first-order valence-electron chi connectivity index (χ1n) is 6.76. The van der Waals surface area contributed by atoms with Crippen LogP contribution < -0.4 is 4.90 Å². The van der Waals surface area contributed by atoms with Crippen molar-refractivity contribution in [2.75, 3.05) is 17.3 Å². The van der Waals surface area contributed by atoms with Crippen LogP contribution in [0.2, 0.25) is 0 Å². The Bertz CT molecular complexity index is 416. The Morgan fingerprint density at radius 2 is 1.85 bits per heavy atom. The predicted octanol–water partition coefficient (Wildman–Crippen LogP) is 3.87. The molecule has 20 heavy (non-hydrogen) atoms. The fourth-order valence-corrected chi connectivity index (χ4v) is 2.78. The van der Waals surface area contributed by atoms with Crippen molar-refractivity contribution in [3.05, 3.63) is 17.8 Å². The first-order valence-corrected chi connectivity index (χ1v) is 7.29. The third-order valence-electron chi connectivity index (χ3n) is 3.58. The zero-order valence-corrected chi connectivity index (χ0v) is 11.8. The van der Waals surface area contributed by atoms with E-state index in [1.165, 1.54) is 12.5 Å². The number of nitrogens with zero attached hydrogens (tertiary/aromatic N) is 3. The summed E-state index contributed by atoms with van der Waals surface area (Å²) in [6.45, 7) is 0.576. The van der Waals surface area contributed by atoms with Crippen molar-refractivity contribution in [2.24, 2.45) is 0 Å². The summed E-state index contributed by atoms with van der Waals surface area (Å²) in [5.41, 5.74) is -0.962. The second kappa shape index (κ2) is 6.61. The Labute approximate surface area is 121 Å². The van der Waals surface area contributed by atoms with Crippen LogP contribution in [0.1, 0.15) is 37.8 Å². The van der Waals surface area contributed by atoms with Gasteiger partial charge in [0.1, 0.15) is 0 Å². The van der Waals surface area contributed by atoms with E-state index in [2.05, 4.69) is 10.2 Å². The fourth-order valence-electron chi connectivity index (χ4n) is 2.60. The SMILES string of the molecule is FC(F)(F)c1ccc(N(CCCl)C2CCCCC2)nn1. The largest absolute Gasteiger partial charge is 0.435 e. The molecule has 1 fully saturated rings. The third-order valence-corrected chi connectivity index (χ3v) is 3.75. The molecule has 1 aromatic rings. The Kier molecular flexibility index (Phi) is 5.07. The first-order chi connectivity index (χ1) is 9.52. The summed E-state index contributed by atoms with van der Waals surface area (Å²) in [4.78, 5) is 1.99. The van der Waals surface area contributed by atoms with Crippen LogP contribution in [0.25, 0.3) is 0 Å². The highest BCUT2D eigenvalue weighted by atomic mass is 35.5. The molecule has 2 rings (SSSR count). The molecule has 0 spiro atoms. The van der Waals surface area contributed by atoms with Crippen molar-refractivity contribution in [3.63, 3.8) is 0 Å². The van der Waals surface area contributed by atoms with Gasteiger partial charge in [0.05, 0.1) is 0 Å². The lowest BCUT2D eigenvalue weighted by Gasteiger charge is -2.34. The molecule has 0 radical (unpaired) electrons. The number of anilines is 1. The summed E-state index contributed by atoms with van der Waals surface area (Å²) in [6, 6.07) is 2.66. The molecule has 0 N–H and O–H groups in total. The fraction of sp³-hybridized carbons (Fsp3) is 0.692. The van der Waals surface area contributed by atoms with Crippen molar-refractivity contribution >= 4 is 17.4 Å². The minimum atomic E-state index is -4.45. The van der Waals surface area contributed by atoms with Gasteiger partial charge in [-0.15, -0.1) is 21.8 Å². The van der Waals surface area contributed by atoms with Crippen LogP contribution in [0.15, 0.2) is 12.1 Å². The highest BCUT2D eigenvalue weighted by Gasteiger charge is 2.33. The van der Waals surface area contributed by atoms with Gasteiger partial charge in [-0.2, -0.15) is 13.2 Å². The van der Waals surface area contributed by atoms with Gasteiger partial charge in [-0.3, -0.25) is 0 Å². The summed E-state index contributed by atoms with van der Waals surface area (Å²) in [7, 11) is 0. The van der Waals surface area contributed by atoms with Crippen LogP contribution >= 0.6 is 11.6 Å². The zero-order chi connectivity index (χ0) is 14.6. The van der Waals surface area contributed by atoms with E-state index in [4.69, 9.17) is 11.6 Å². The number of rotatable bonds is 4. The molecule has 1 aliphatic rings. The van der Waals surface area contributed by atoms with E-state index in [1.807, 2.05) is 4.90 Å². The first kappa shape index (κ1) is 15.4. The standard InChI is InChI=1S/C13H17ClF3N3/c14-8-9-20(10-4-2-1-3-5-10)12-7-6-11(18-19-12)13(15,16)17/h6-7,10H,1-5,8-9H2. The molecule has 0 unspecified atom stereocenters. The summed E-state index contributed by atoms with van der Waals surface area (Å²) in [5.74, 6) is 0.893. The molecule has 0 aliphatic heterocycles. The van der Waals surface area contributed by atoms with Crippen LogP contribution in [0.5, 0.6) is 0 Å². The van der Waals surface area contributed by atoms with Crippen LogP contribution in [0, 0.1) is 0 Å². The maximum Gasteiger partial charge on any atom is 0.435 e. The second-order valence-electron chi connectivity index (χ2n) is 4.95. The third kappa shape index (κ3) is 3.75. The zero-order valence-electron chi connectivity index (χ0n) is 11.0. The lowest BCUT2D eigenvalue weighted by atomic mass is 9.94. The molecule has 1 aliphatic carbocycles. The molecular formula is C13H17ClF3N3. The normalized spacial score (nSPS) is 17.2. The number of aromatic nitrogens is 2. The van der Waals surface area contributed by atoms with Crippen molar-refractivity contribution in [3.8, 4) is 0 Å². The van der Waals surface area contributed by atoms with E-state index < -0.39 is 11.9 Å². The van der Waals surface area contributed by atoms with E-state index in [9.17, 15) is 13.2 Å². The van der Waals surface area contributed by atoms with Gasteiger partial charge in [-0.25, -0.2) is 0 Å². The molecule has 112 valence electrons. The van der Waals surface area contributed by atoms with Gasteiger partial charge in [-0.1, -0.05) is 19.3 Å². The van der Waals surface area contributed by atoms with Crippen molar-refractivity contribution < 1.29 is 13.2 Å². The average molecular weight is 308 g/mol. The minimum Gasteiger partial charge on any atom is -0.351 e. The minimum absolute atomic E-state index is 0.300. The Hall–Kier alpha value is -1.04. The molecule has 0 atom stereocenters. The van der Waals surface area contributed by atoms with E-state index in [1.54, 1.807) is 0 Å². The van der Waals surface area contributed by atoms with Gasteiger partial charge in [-0.05, 0) is 25.0 Å². The maximum absolute atomic E-state index is 12.5. The molecule has 0 amide bonds. The average Bonchev–Trinajstić information content (AvgIpc) is 2.45. The molecule has 1 aromatic heterocycles. The van der Waals surface area contributed by atoms with E-state index in [-0.39, 0.29) is 0 Å². The molecule has 0 aromatic carbocycles. The number of halogens is 4. The monoisotopic (exact) mass is 307 g/mol. The molecular weight excluding hydrogens is 291 g/mol. The summed E-state index contributed by atoms with van der Waals surface area (Å²) < 4.78 is 37.5. The van der Waals surface area contributed by atoms with Gasteiger partial charge in [0.2, 0.25) is 0 Å². The van der Waals surface area contributed by atoms with Gasteiger partial charge in [0, 0.05) is 18.5 Å². The summed E-state index contributed by atoms with van der Waals surface area (Å²) >= 11 is 5.80. The lowest BCUT2D eigenvalue weighted by Crippen LogP contribution is -2.39. The molecule has 7 heteroatoms. The van der Waals surface area contributed by atoms with Crippen LogP contribution in [-0.4, -0.2) is 28.7 Å². The predicted molar refractivity (Wildman–Crippen MR) is 72.0 cm³/mol. The maximum atomic E-state index is 12.5. The summed E-state index contributed by atoms with van der Waals surface area (Å²) in [6.07, 6.45) is 1.09. The van der Waals surface area contributed by atoms with Crippen LogP contribution in [-0.2, 0) is 6.18 Å². The second-order valence-corrected chi connectivity index (χ2v) is 5.33. The van der Waals surface area contributed by atoms with E-state index >= 15 is 0 Å². The van der Waals surface area contributed by atoms with Gasteiger partial charge >= 0.3 is 6.18 Å². The van der Waals surface area contributed by atoms with Crippen LogP contribution in [0.3, 0.4) is 0 Å². The molecule has 0 bridgehead atoms. The molecule has 3 nitrogen and oxygen atoms in total.